The van der Waals surface area contributed by atoms with Crippen LogP contribution in [0.5, 0.6) is 0 Å². The maximum absolute atomic E-state index is 10.8. The number of hydrogen-bond acceptors (Lipinski definition) is 3. The number of hydrogen-bond donors (Lipinski definition) is 1. The van der Waals surface area contributed by atoms with Gasteiger partial charge in [0.15, 0.2) is 0 Å². The van der Waals surface area contributed by atoms with E-state index in [1.54, 1.807) is 19.1 Å². The van der Waals surface area contributed by atoms with E-state index in [4.69, 9.17) is 0 Å². The van der Waals surface area contributed by atoms with Crippen molar-refractivity contribution in [3.8, 4) is 0 Å². The number of nitrogens with one attached hydrogen (secondary N) is 1. The summed E-state index contributed by atoms with van der Waals surface area (Å²) in [5.41, 5.74) is 3.11. The summed E-state index contributed by atoms with van der Waals surface area (Å²) in [6.45, 7) is 4.81. The van der Waals surface area contributed by atoms with Gasteiger partial charge in [-0.15, -0.1) is 0 Å². The van der Waals surface area contributed by atoms with E-state index in [9.17, 15) is 10.1 Å². The first kappa shape index (κ1) is 15.0. The summed E-state index contributed by atoms with van der Waals surface area (Å²) in [6.07, 6.45) is 1.01. The summed E-state index contributed by atoms with van der Waals surface area (Å²) < 4.78 is 0. The lowest BCUT2D eigenvalue weighted by molar-refractivity contribution is -0.385. The van der Waals surface area contributed by atoms with E-state index in [1.807, 2.05) is 12.1 Å². The molecule has 0 heterocycles. The molecule has 1 unspecified atom stereocenters. The number of rotatable bonds is 6. The number of nitrogens with zero attached hydrogens (tertiary/aromatic N) is 1. The molecule has 1 N–H and O–H groups in total. The molecule has 2 aromatic carbocycles. The van der Waals surface area contributed by atoms with Crippen LogP contribution in [0.25, 0.3) is 0 Å². The Balaban J connectivity index is 1.89. The van der Waals surface area contributed by atoms with Crippen LogP contribution < -0.4 is 5.32 Å². The molecule has 21 heavy (non-hydrogen) atoms. The van der Waals surface area contributed by atoms with Crippen molar-refractivity contribution in [1.82, 2.24) is 0 Å². The first-order chi connectivity index (χ1) is 10.1. The molecule has 2 aromatic rings. The van der Waals surface area contributed by atoms with E-state index in [0.29, 0.717) is 11.5 Å². The highest BCUT2D eigenvalue weighted by Crippen LogP contribution is 2.22. The van der Waals surface area contributed by atoms with E-state index in [2.05, 4.69) is 36.5 Å². The van der Waals surface area contributed by atoms with Gasteiger partial charge < -0.3 is 5.32 Å². The van der Waals surface area contributed by atoms with Gasteiger partial charge in [-0.2, -0.15) is 0 Å². The smallest absolute Gasteiger partial charge is 0.272 e. The quantitative estimate of drug-likeness (QED) is 0.627. The Morgan fingerprint density at radius 2 is 1.90 bits per heavy atom. The second kappa shape index (κ2) is 6.88. The average molecular weight is 284 g/mol. The van der Waals surface area contributed by atoms with Crippen molar-refractivity contribution in [2.75, 3.05) is 11.9 Å². The molecular formula is C17H20N2O2. The largest absolute Gasteiger partial charge is 0.385 e. The highest BCUT2D eigenvalue weighted by Gasteiger charge is 2.10. The van der Waals surface area contributed by atoms with E-state index in [-0.39, 0.29) is 10.6 Å². The molecule has 4 heteroatoms. The number of anilines is 1. The van der Waals surface area contributed by atoms with Crippen molar-refractivity contribution in [3.63, 3.8) is 0 Å². The van der Waals surface area contributed by atoms with Crippen molar-refractivity contribution in [2.45, 2.75) is 26.2 Å². The number of nitro groups is 1. The normalized spacial score (nSPS) is 11.9. The second-order valence-electron chi connectivity index (χ2n) is 5.29. The third-order valence-electron chi connectivity index (χ3n) is 3.67. The van der Waals surface area contributed by atoms with Crippen LogP contribution in [0.3, 0.4) is 0 Å². The predicted molar refractivity (Wildman–Crippen MR) is 85.8 cm³/mol. The van der Waals surface area contributed by atoms with Gasteiger partial charge in [0.05, 0.1) is 4.92 Å². The number of aryl methyl sites for hydroxylation is 1. The van der Waals surface area contributed by atoms with Crippen LogP contribution in [-0.2, 0) is 0 Å². The summed E-state index contributed by atoms with van der Waals surface area (Å²) in [5.74, 6) is 0.484. The summed E-state index contributed by atoms with van der Waals surface area (Å²) in [5, 5.41) is 14.1. The van der Waals surface area contributed by atoms with Crippen LogP contribution in [0.1, 0.15) is 30.4 Å². The number of nitro benzene ring substituents is 1. The van der Waals surface area contributed by atoms with Crippen molar-refractivity contribution < 1.29 is 4.92 Å². The minimum Gasteiger partial charge on any atom is -0.385 e. The van der Waals surface area contributed by atoms with E-state index in [0.717, 1.165) is 18.7 Å². The molecule has 0 spiro atoms. The van der Waals surface area contributed by atoms with Gasteiger partial charge in [0.25, 0.3) is 5.69 Å². The Morgan fingerprint density at radius 3 is 2.52 bits per heavy atom. The van der Waals surface area contributed by atoms with Gasteiger partial charge >= 0.3 is 0 Å². The topological polar surface area (TPSA) is 55.2 Å². The average Bonchev–Trinajstić information content (AvgIpc) is 2.47. The van der Waals surface area contributed by atoms with Crippen molar-refractivity contribution in [3.05, 3.63) is 69.8 Å². The molecular weight excluding hydrogens is 264 g/mol. The van der Waals surface area contributed by atoms with E-state index in [1.165, 1.54) is 5.56 Å². The van der Waals surface area contributed by atoms with Gasteiger partial charge in [-0.3, -0.25) is 10.1 Å². The fourth-order valence-electron chi connectivity index (χ4n) is 2.35. The third kappa shape index (κ3) is 4.05. The molecule has 0 fully saturated rings. The first-order valence-corrected chi connectivity index (χ1v) is 7.12. The lowest BCUT2D eigenvalue weighted by atomic mass is 9.98. The Bertz CT molecular complexity index is 611. The second-order valence-corrected chi connectivity index (χ2v) is 5.29. The molecule has 0 amide bonds. The molecule has 0 saturated heterocycles. The van der Waals surface area contributed by atoms with Crippen LogP contribution in [0.15, 0.2) is 48.5 Å². The molecule has 1 atom stereocenters. The molecule has 2 rings (SSSR count). The zero-order chi connectivity index (χ0) is 15.2. The summed E-state index contributed by atoms with van der Waals surface area (Å²) in [4.78, 5) is 10.4. The van der Waals surface area contributed by atoms with Gasteiger partial charge in [-0.25, -0.2) is 0 Å². The molecule has 0 aliphatic rings. The number of benzene rings is 2. The highest BCUT2D eigenvalue weighted by molar-refractivity contribution is 5.53. The van der Waals surface area contributed by atoms with Gasteiger partial charge in [0, 0.05) is 23.9 Å². The van der Waals surface area contributed by atoms with Crippen LogP contribution in [0.4, 0.5) is 11.4 Å². The highest BCUT2D eigenvalue weighted by atomic mass is 16.6. The molecule has 0 saturated carbocycles. The maximum atomic E-state index is 10.8. The van der Waals surface area contributed by atoms with Crippen LogP contribution >= 0.6 is 0 Å². The van der Waals surface area contributed by atoms with E-state index < -0.39 is 0 Å². The lowest BCUT2D eigenvalue weighted by Crippen LogP contribution is -2.06. The minimum atomic E-state index is -0.351. The minimum absolute atomic E-state index is 0.165. The van der Waals surface area contributed by atoms with Crippen molar-refractivity contribution in [2.24, 2.45) is 0 Å². The van der Waals surface area contributed by atoms with Gasteiger partial charge in [-0.05, 0) is 37.0 Å². The van der Waals surface area contributed by atoms with Gasteiger partial charge in [0.1, 0.15) is 0 Å². The molecule has 0 aromatic heterocycles. The fraction of sp³-hybridized carbons (Fsp3) is 0.294. The Kier molecular flexibility index (Phi) is 4.93. The third-order valence-corrected chi connectivity index (χ3v) is 3.67. The zero-order valence-electron chi connectivity index (χ0n) is 12.4. The molecule has 0 aliphatic heterocycles. The lowest BCUT2D eigenvalue weighted by Gasteiger charge is -2.13. The Hall–Kier alpha value is -2.36. The van der Waals surface area contributed by atoms with Crippen LogP contribution in [0, 0.1) is 17.0 Å². The molecule has 0 radical (unpaired) electrons. The van der Waals surface area contributed by atoms with Gasteiger partial charge in [-0.1, -0.05) is 37.3 Å². The standard InChI is InChI=1S/C17H20N2O2/c1-13(15-6-4-3-5-7-15)10-11-18-16-8-9-17(19(20)21)14(2)12-16/h3-9,12-13,18H,10-11H2,1-2H3. The molecule has 110 valence electrons. The van der Waals surface area contributed by atoms with Crippen molar-refractivity contribution in [1.29, 1.82) is 0 Å². The summed E-state index contributed by atoms with van der Waals surface area (Å²) >= 11 is 0. The Morgan fingerprint density at radius 1 is 1.19 bits per heavy atom. The fourth-order valence-corrected chi connectivity index (χ4v) is 2.35. The zero-order valence-corrected chi connectivity index (χ0v) is 12.4. The monoisotopic (exact) mass is 284 g/mol. The Labute approximate surface area is 125 Å². The molecule has 4 nitrogen and oxygen atoms in total. The molecule has 0 aliphatic carbocycles. The maximum Gasteiger partial charge on any atom is 0.272 e. The first-order valence-electron chi connectivity index (χ1n) is 7.12. The predicted octanol–water partition coefficient (Wildman–Crippen LogP) is 4.51. The van der Waals surface area contributed by atoms with Crippen LogP contribution in [-0.4, -0.2) is 11.5 Å². The van der Waals surface area contributed by atoms with E-state index >= 15 is 0 Å². The van der Waals surface area contributed by atoms with Crippen molar-refractivity contribution >= 4 is 11.4 Å². The van der Waals surface area contributed by atoms with Crippen LogP contribution in [0.2, 0.25) is 0 Å². The van der Waals surface area contributed by atoms with Gasteiger partial charge in [0.2, 0.25) is 0 Å². The summed E-state index contributed by atoms with van der Waals surface area (Å²) in [6, 6.07) is 15.6. The molecule has 0 bridgehead atoms. The SMILES string of the molecule is Cc1cc(NCCC(C)c2ccccc2)ccc1[N+](=O)[O-]. The summed E-state index contributed by atoms with van der Waals surface area (Å²) in [7, 11) is 0.